The lowest BCUT2D eigenvalue weighted by atomic mass is 9.87. The zero-order chi connectivity index (χ0) is 9.78. The van der Waals surface area contributed by atoms with Crippen LogP contribution in [0.5, 0.6) is 0 Å². The minimum Gasteiger partial charge on any atom is -0.402 e. The Kier molecular flexibility index (Phi) is 3.81. The molecule has 0 amide bonds. The fourth-order valence-corrected chi connectivity index (χ4v) is 0.566. The molecule has 1 heteroatoms. The van der Waals surface area contributed by atoms with Crippen molar-refractivity contribution in [2.75, 3.05) is 0 Å². The first-order valence-electron chi connectivity index (χ1n) is 4.14. The summed E-state index contributed by atoms with van der Waals surface area (Å²) in [4.78, 5) is 0. The van der Waals surface area contributed by atoms with Crippen LogP contribution < -0.4 is 5.73 Å². The first kappa shape index (κ1) is 11.0. The molecule has 0 heterocycles. The molecule has 1 nitrogen and oxygen atoms in total. The van der Waals surface area contributed by atoms with E-state index in [1.54, 1.807) is 0 Å². The molecule has 0 aromatic rings. The van der Waals surface area contributed by atoms with Crippen molar-refractivity contribution in [3.63, 3.8) is 0 Å². The summed E-state index contributed by atoms with van der Waals surface area (Å²) in [7, 11) is 0. The zero-order valence-electron chi connectivity index (χ0n) is 8.52. The molecular formula is C11H19N. The molecule has 0 saturated heterocycles. The highest BCUT2D eigenvalue weighted by atomic mass is 14.5. The maximum Gasteiger partial charge on any atom is 0.00488 e. The lowest BCUT2D eigenvalue weighted by Crippen LogP contribution is -2.05. The van der Waals surface area contributed by atoms with Gasteiger partial charge in [-0.3, -0.25) is 0 Å². The Bertz CT molecular complexity index is 210. The SMILES string of the molecule is C=C(/C=C\C=C(/C)N)C(C)(C)C. The van der Waals surface area contributed by atoms with Gasteiger partial charge in [0.05, 0.1) is 0 Å². The lowest BCUT2D eigenvalue weighted by Gasteiger charge is -2.18. The summed E-state index contributed by atoms with van der Waals surface area (Å²) in [5.41, 5.74) is 7.54. The summed E-state index contributed by atoms with van der Waals surface area (Å²) >= 11 is 0. The molecule has 0 rings (SSSR count). The van der Waals surface area contributed by atoms with Gasteiger partial charge in [-0.15, -0.1) is 0 Å². The van der Waals surface area contributed by atoms with Gasteiger partial charge in [-0.2, -0.15) is 0 Å². The normalized spacial score (nSPS) is 13.8. The standard InChI is InChI=1S/C11H19N/c1-9(11(3,4)5)7-6-8-10(2)12/h6-8H,1,12H2,2-5H3/b7-6-,10-8+. The van der Waals surface area contributed by atoms with Gasteiger partial charge in [-0.1, -0.05) is 39.5 Å². The molecule has 0 aromatic carbocycles. The van der Waals surface area contributed by atoms with Crippen LogP contribution in [0.15, 0.2) is 36.1 Å². The van der Waals surface area contributed by atoms with Crippen molar-refractivity contribution < 1.29 is 0 Å². The van der Waals surface area contributed by atoms with Crippen LogP contribution in [0.2, 0.25) is 0 Å². The Hall–Kier alpha value is -0.980. The van der Waals surface area contributed by atoms with Gasteiger partial charge in [-0.25, -0.2) is 0 Å². The molecule has 0 spiro atoms. The van der Waals surface area contributed by atoms with Gasteiger partial charge >= 0.3 is 0 Å². The van der Waals surface area contributed by atoms with Crippen LogP contribution in [-0.4, -0.2) is 0 Å². The summed E-state index contributed by atoms with van der Waals surface area (Å²) < 4.78 is 0. The highest BCUT2D eigenvalue weighted by Crippen LogP contribution is 2.24. The maximum atomic E-state index is 5.47. The van der Waals surface area contributed by atoms with Crippen LogP contribution in [-0.2, 0) is 0 Å². The summed E-state index contributed by atoms with van der Waals surface area (Å²) in [6.45, 7) is 12.2. The molecule has 0 atom stereocenters. The number of nitrogens with two attached hydrogens (primary N) is 1. The van der Waals surface area contributed by atoms with E-state index >= 15 is 0 Å². The van der Waals surface area contributed by atoms with E-state index in [0.29, 0.717) is 0 Å². The minimum atomic E-state index is 0.146. The quantitative estimate of drug-likeness (QED) is 0.625. The van der Waals surface area contributed by atoms with Crippen LogP contribution in [0.25, 0.3) is 0 Å². The Morgan fingerprint density at radius 1 is 1.33 bits per heavy atom. The highest BCUT2D eigenvalue weighted by molar-refractivity contribution is 5.24. The predicted molar refractivity (Wildman–Crippen MR) is 55.7 cm³/mol. The molecule has 0 unspecified atom stereocenters. The van der Waals surface area contributed by atoms with Crippen molar-refractivity contribution in [1.82, 2.24) is 0 Å². The van der Waals surface area contributed by atoms with E-state index in [0.717, 1.165) is 11.3 Å². The fraction of sp³-hybridized carbons (Fsp3) is 0.455. The number of rotatable bonds is 2. The molecule has 0 aromatic heterocycles. The van der Waals surface area contributed by atoms with Gasteiger partial charge < -0.3 is 5.73 Å². The van der Waals surface area contributed by atoms with Gasteiger partial charge in [0.1, 0.15) is 0 Å². The third-order valence-corrected chi connectivity index (χ3v) is 1.62. The van der Waals surface area contributed by atoms with Crippen molar-refractivity contribution in [2.45, 2.75) is 27.7 Å². The van der Waals surface area contributed by atoms with Gasteiger partial charge in [0.2, 0.25) is 0 Å². The largest absolute Gasteiger partial charge is 0.402 e. The monoisotopic (exact) mass is 165 g/mol. The van der Waals surface area contributed by atoms with Crippen LogP contribution >= 0.6 is 0 Å². The van der Waals surface area contributed by atoms with Gasteiger partial charge in [0, 0.05) is 5.70 Å². The van der Waals surface area contributed by atoms with E-state index in [-0.39, 0.29) is 5.41 Å². The third-order valence-electron chi connectivity index (χ3n) is 1.62. The van der Waals surface area contributed by atoms with E-state index in [2.05, 4.69) is 27.4 Å². The van der Waals surface area contributed by atoms with E-state index in [9.17, 15) is 0 Å². The summed E-state index contributed by atoms with van der Waals surface area (Å²) in [6, 6.07) is 0. The molecule has 0 aliphatic carbocycles. The van der Waals surface area contributed by atoms with E-state index < -0.39 is 0 Å². The first-order valence-corrected chi connectivity index (χ1v) is 4.14. The molecule has 2 N–H and O–H groups in total. The Morgan fingerprint density at radius 2 is 1.83 bits per heavy atom. The second-order valence-electron chi connectivity index (χ2n) is 4.05. The van der Waals surface area contributed by atoms with Crippen molar-refractivity contribution in [2.24, 2.45) is 11.1 Å². The van der Waals surface area contributed by atoms with Crippen LogP contribution in [0, 0.1) is 5.41 Å². The van der Waals surface area contributed by atoms with Crippen molar-refractivity contribution in [3.8, 4) is 0 Å². The summed E-state index contributed by atoms with van der Waals surface area (Å²) in [5.74, 6) is 0. The van der Waals surface area contributed by atoms with Crippen LogP contribution in [0.4, 0.5) is 0 Å². The second kappa shape index (κ2) is 4.15. The molecule has 0 fully saturated rings. The molecule has 68 valence electrons. The third kappa shape index (κ3) is 4.78. The predicted octanol–water partition coefficient (Wildman–Crippen LogP) is 3.01. The molecule has 0 radical (unpaired) electrons. The van der Waals surface area contributed by atoms with Crippen LogP contribution in [0.3, 0.4) is 0 Å². The van der Waals surface area contributed by atoms with Gasteiger partial charge in [0.25, 0.3) is 0 Å². The zero-order valence-corrected chi connectivity index (χ0v) is 8.52. The number of hydrogen-bond donors (Lipinski definition) is 1. The summed E-state index contributed by atoms with van der Waals surface area (Å²) in [6.07, 6.45) is 5.80. The van der Waals surface area contributed by atoms with Gasteiger partial charge in [-0.05, 0) is 24.0 Å². The Labute approximate surface area is 75.7 Å². The average Bonchev–Trinajstić information content (AvgIpc) is 1.84. The van der Waals surface area contributed by atoms with Gasteiger partial charge in [0.15, 0.2) is 0 Å². The smallest absolute Gasteiger partial charge is 0.00488 e. The molecule has 0 bridgehead atoms. The average molecular weight is 165 g/mol. The number of hydrogen-bond acceptors (Lipinski definition) is 1. The second-order valence-corrected chi connectivity index (χ2v) is 4.05. The van der Waals surface area contributed by atoms with Crippen LogP contribution in [0.1, 0.15) is 27.7 Å². The molecule has 0 aliphatic heterocycles. The topological polar surface area (TPSA) is 26.0 Å². The summed E-state index contributed by atoms with van der Waals surface area (Å²) in [5, 5.41) is 0. The molecule has 12 heavy (non-hydrogen) atoms. The van der Waals surface area contributed by atoms with E-state index in [4.69, 9.17) is 5.73 Å². The fourth-order valence-electron chi connectivity index (χ4n) is 0.566. The van der Waals surface area contributed by atoms with Crippen molar-refractivity contribution in [1.29, 1.82) is 0 Å². The number of allylic oxidation sites excluding steroid dienone is 5. The minimum absolute atomic E-state index is 0.146. The highest BCUT2D eigenvalue weighted by Gasteiger charge is 2.10. The Balaban J connectivity index is 4.20. The molecule has 0 aliphatic rings. The van der Waals surface area contributed by atoms with E-state index in [1.807, 2.05) is 25.2 Å². The molecule has 0 saturated carbocycles. The lowest BCUT2D eigenvalue weighted by molar-refractivity contribution is 0.519. The maximum absolute atomic E-state index is 5.47. The van der Waals surface area contributed by atoms with E-state index in [1.165, 1.54) is 0 Å². The van der Waals surface area contributed by atoms with Crippen molar-refractivity contribution in [3.05, 3.63) is 36.1 Å². The molecular weight excluding hydrogens is 146 g/mol. The first-order chi connectivity index (χ1) is 5.34. The van der Waals surface area contributed by atoms with Crippen molar-refractivity contribution >= 4 is 0 Å². The Morgan fingerprint density at radius 3 is 2.17 bits per heavy atom.